The Kier molecular flexibility index (Phi) is 4.16. The Balaban J connectivity index is 1.53. The zero-order chi connectivity index (χ0) is 15.6. The van der Waals surface area contributed by atoms with E-state index in [0.29, 0.717) is 30.1 Å². The molecule has 0 bridgehead atoms. The summed E-state index contributed by atoms with van der Waals surface area (Å²) < 4.78 is 0. The summed E-state index contributed by atoms with van der Waals surface area (Å²) >= 11 is 0. The third-order valence-corrected chi connectivity index (χ3v) is 4.37. The van der Waals surface area contributed by atoms with Crippen molar-refractivity contribution in [2.45, 2.75) is 56.6 Å². The van der Waals surface area contributed by atoms with Gasteiger partial charge in [0.25, 0.3) is 5.91 Å². The zero-order valence-corrected chi connectivity index (χ0v) is 12.6. The van der Waals surface area contributed by atoms with E-state index >= 15 is 0 Å². The highest BCUT2D eigenvalue weighted by atomic mass is 16.3. The van der Waals surface area contributed by atoms with E-state index in [9.17, 15) is 14.7 Å². The molecule has 0 saturated heterocycles. The van der Waals surface area contributed by atoms with Gasteiger partial charge in [-0.1, -0.05) is 12.8 Å². The standard InChI is InChI=1S/C17H22N2O3/c20-15(11-17(22)9-1-2-10-17)18-13-5-3-12(4-6-13)16(21)19-14-7-8-14/h3-6,14,22H,1-2,7-11H2,(H,18,20)(H,19,21). The molecule has 0 atom stereocenters. The number of benzene rings is 1. The molecule has 0 radical (unpaired) electrons. The Hall–Kier alpha value is -1.88. The lowest BCUT2D eigenvalue weighted by Crippen LogP contribution is -2.30. The van der Waals surface area contributed by atoms with Crippen LogP contribution in [0.4, 0.5) is 5.69 Å². The first-order valence-corrected chi connectivity index (χ1v) is 7.97. The first kappa shape index (κ1) is 15.0. The number of rotatable bonds is 5. The van der Waals surface area contributed by atoms with Gasteiger partial charge in [0.2, 0.25) is 5.91 Å². The van der Waals surface area contributed by atoms with E-state index in [0.717, 1.165) is 25.7 Å². The Labute approximate surface area is 130 Å². The van der Waals surface area contributed by atoms with Crippen LogP contribution in [-0.2, 0) is 4.79 Å². The average Bonchev–Trinajstić information content (AvgIpc) is 3.19. The molecule has 3 rings (SSSR count). The normalized spacial score (nSPS) is 19.7. The molecule has 2 aliphatic carbocycles. The van der Waals surface area contributed by atoms with Crippen LogP contribution in [0.5, 0.6) is 0 Å². The summed E-state index contributed by atoms with van der Waals surface area (Å²) in [4.78, 5) is 23.9. The predicted molar refractivity (Wildman–Crippen MR) is 83.6 cm³/mol. The molecule has 2 fully saturated rings. The van der Waals surface area contributed by atoms with E-state index in [1.54, 1.807) is 24.3 Å². The highest BCUT2D eigenvalue weighted by molar-refractivity contribution is 5.96. The van der Waals surface area contributed by atoms with Crippen LogP contribution in [0, 0.1) is 0 Å². The van der Waals surface area contributed by atoms with Crippen LogP contribution < -0.4 is 10.6 Å². The highest BCUT2D eigenvalue weighted by Crippen LogP contribution is 2.32. The molecule has 3 N–H and O–H groups in total. The third kappa shape index (κ3) is 3.85. The Morgan fingerprint density at radius 1 is 1.14 bits per heavy atom. The quantitative estimate of drug-likeness (QED) is 0.780. The maximum atomic E-state index is 12.0. The van der Waals surface area contributed by atoms with Gasteiger partial charge in [-0.05, 0) is 49.9 Å². The van der Waals surface area contributed by atoms with Crippen molar-refractivity contribution < 1.29 is 14.7 Å². The van der Waals surface area contributed by atoms with E-state index < -0.39 is 5.60 Å². The molecule has 2 amide bonds. The van der Waals surface area contributed by atoms with Gasteiger partial charge >= 0.3 is 0 Å². The smallest absolute Gasteiger partial charge is 0.251 e. The van der Waals surface area contributed by atoms with Crippen LogP contribution in [-0.4, -0.2) is 28.6 Å². The van der Waals surface area contributed by atoms with Crippen molar-refractivity contribution in [2.24, 2.45) is 0 Å². The first-order valence-electron chi connectivity index (χ1n) is 7.97. The highest BCUT2D eigenvalue weighted by Gasteiger charge is 2.33. The maximum Gasteiger partial charge on any atom is 0.251 e. The minimum absolute atomic E-state index is 0.0688. The second-order valence-corrected chi connectivity index (χ2v) is 6.48. The number of hydrogen-bond acceptors (Lipinski definition) is 3. The Morgan fingerprint density at radius 3 is 2.36 bits per heavy atom. The lowest BCUT2D eigenvalue weighted by atomic mass is 9.97. The molecule has 0 aromatic heterocycles. The molecule has 118 valence electrons. The first-order chi connectivity index (χ1) is 10.5. The molecule has 2 saturated carbocycles. The molecular weight excluding hydrogens is 280 g/mol. The van der Waals surface area contributed by atoms with E-state index in [1.807, 2.05) is 0 Å². The van der Waals surface area contributed by atoms with Gasteiger partial charge in [-0.15, -0.1) is 0 Å². The van der Waals surface area contributed by atoms with Gasteiger partial charge in [0.15, 0.2) is 0 Å². The molecule has 0 aliphatic heterocycles. The number of hydrogen-bond donors (Lipinski definition) is 3. The molecule has 22 heavy (non-hydrogen) atoms. The molecule has 2 aliphatic rings. The molecule has 5 heteroatoms. The van der Waals surface area contributed by atoms with Crippen molar-refractivity contribution >= 4 is 17.5 Å². The van der Waals surface area contributed by atoms with Crippen LogP contribution in [0.25, 0.3) is 0 Å². The lowest BCUT2D eigenvalue weighted by Gasteiger charge is -2.21. The SMILES string of the molecule is O=C(CC1(O)CCCC1)Nc1ccc(C(=O)NC2CC2)cc1. The number of nitrogens with one attached hydrogen (secondary N) is 2. The van der Waals surface area contributed by atoms with Gasteiger partial charge < -0.3 is 15.7 Å². The van der Waals surface area contributed by atoms with Crippen LogP contribution >= 0.6 is 0 Å². The molecule has 1 aromatic carbocycles. The average molecular weight is 302 g/mol. The van der Waals surface area contributed by atoms with Crippen LogP contribution in [0.1, 0.15) is 55.3 Å². The summed E-state index contributed by atoms with van der Waals surface area (Å²) in [5.41, 5.74) is 0.405. The van der Waals surface area contributed by atoms with Crippen molar-refractivity contribution in [3.05, 3.63) is 29.8 Å². The fourth-order valence-electron chi connectivity index (χ4n) is 2.92. The zero-order valence-electron chi connectivity index (χ0n) is 12.6. The van der Waals surface area contributed by atoms with Gasteiger partial charge in [0.1, 0.15) is 0 Å². The monoisotopic (exact) mass is 302 g/mol. The second-order valence-electron chi connectivity index (χ2n) is 6.48. The van der Waals surface area contributed by atoms with Crippen molar-refractivity contribution in [2.75, 3.05) is 5.32 Å². The topological polar surface area (TPSA) is 78.4 Å². The Bertz CT molecular complexity index is 558. The van der Waals surface area contributed by atoms with Gasteiger partial charge in [-0.25, -0.2) is 0 Å². The number of aliphatic hydroxyl groups is 1. The van der Waals surface area contributed by atoms with Gasteiger partial charge in [-0.3, -0.25) is 9.59 Å². The third-order valence-electron chi connectivity index (χ3n) is 4.37. The molecule has 0 unspecified atom stereocenters. The van der Waals surface area contributed by atoms with E-state index in [1.165, 1.54) is 0 Å². The second kappa shape index (κ2) is 6.08. The van der Waals surface area contributed by atoms with Crippen LogP contribution in [0.15, 0.2) is 24.3 Å². The molecule has 0 spiro atoms. The summed E-state index contributed by atoms with van der Waals surface area (Å²) in [7, 11) is 0. The summed E-state index contributed by atoms with van der Waals surface area (Å²) in [5, 5.41) is 15.9. The minimum Gasteiger partial charge on any atom is -0.389 e. The molecule has 1 aromatic rings. The van der Waals surface area contributed by atoms with Crippen molar-refractivity contribution in [1.82, 2.24) is 5.32 Å². The summed E-state index contributed by atoms with van der Waals surface area (Å²) in [6, 6.07) is 7.19. The van der Waals surface area contributed by atoms with E-state index in [2.05, 4.69) is 10.6 Å². The van der Waals surface area contributed by atoms with Crippen molar-refractivity contribution in [3.8, 4) is 0 Å². The fraction of sp³-hybridized carbons (Fsp3) is 0.529. The summed E-state index contributed by atoms with van der Waals surface area (Å²) in [5.74, 6) is -0.250. The van der Waals surface area contributed by atoms with Crippen molar-refractivity contribution in [3.63, 3.8) is 0 Å². The predicted octanol–water partition coefficient (Wildman–Crippen LogP) is 2.21. The fourth-order valence-corrected chi connectivity index (χ4v) is 2.92. The van der Waals surface area contributed by atoms with Gasteiger partial charge in [0, 0.05) is 17.3 Å². The molecule has 0 heterocycles. The van der Waals surface area contributed by atoms with E-state index in [-0.39, 0.29) is 18.2 Å². The number of carbonyl (C=O) groups excluding carboxylic acids is 2. The molecule has 5 nitrogen and oxygen atoms in total. The van der Waals surface area contributed by atoms with Gasteiger partial charge in [0.05, 0.1) is 12.0 Å². The van der Waals surface area contributed by atoms with E-state index in [4.69, 9.17) is 0 Å². The summed E-state index contributed by atoms with van der Waals surface area (Å²) in [6.45, 7) is 0. The lowest BCUT2D eigenvalue weighted by molar-refractivity contribution is -0.120. The molecular formula is C17H22N2O3. The van der Waals surface area contributed by atoms with Crippen molar-refractivity contribution in [1.29, 1.82) is 0 Å². The number of carbonyl (C=O) groups is 2. The van der Waals surface area contributed by atoms with Crippen LogP contribution in [0.3, 0.4) is 0 Å². The largest absolute Gasteiger partial charge is 0.389 e. The minimum atomic E-state index is -0.839. The van der Waals surface area contributed by atoms with Gasteiger partial charge in [-0.2, -0.15) is 0 Å². The van der Waals surface area contributed by atoms with Crippen LogP contribution in [0.2, 0.25) is 0 Å². The number of amides is 2. The maximum absolute atomic E-state index is 12.0. The Morgan fingerprint density at radius 2 is 1.77 bits per heavy atom. The number of anilines is 1. The summed E-state index contributed by atoms with van der Waals surface area (Å²) in [6.07, 6.45) is 5.60.